The highest BCUT2D eigenvalue weighted by atomic mass is 19.4. The molecule has 0 unspecified atom stereocenters. The fraction of sp³-hybridized carbons (Fsp3) is 0.533. The molecule has 134 valence electrons. The molecule has 1 rings (SSSR count). The molecule has 0 amide bonds. The van der Waals surface area contributed by atoms with Crippen molar-refractivity contribution in [3.63, 3.8) is 0 Å². The Labute approximate surface area is 137 Å². The Morgan fingerprint density at radius 1 is 1.29 bits per heavy atom. The van der Waals surface area contributed by atoms with Crippen LogP contribution in [0.2, 0.25) is 0 Å². The maximum Gasteiger partial charge on any atom is 0.410 e. The van der Waals surface area contributed by atoms with Crippen molar-refractivity contribution < 1.29 is 27.6 Å². The number of esters is 1. The van der Waals surface area contributed by atoms with Gasteiger partial charge in [-0.3, -0.25) is 20.2 Å². The van der Waals surface area contributed by atoms with Gasteiger partial charge in [-0.05, 0) is 11.5 Å². The van der Waals surface area contributed by atoms with E-state index >= 15 is 0 Å². The summed E-state index contributed by atoms with van der Waals surface area (Å²) in [5.41, 5.74) is 0.686. The van der Waals surface area contributed by atoms with Gasteiger partial charge in [0.15, 0.2) is 6.04 Å². The van der Waals surface area contributed by atoms with Gasteiger partial charge in [0.1, 0.15) is 12.6 Å². The normalized spacial score (nSPS) is 14.2. The first kappa shape index (κ1) is 19.9. The Balaban J connectivity index is 2.76. The van der Waals surface area contributed by atoms with Crippen molar-refractivity contribution >= 4 is 5.97 Å². The predicted octanol–water partition coefficient (Wildman–Crippen LogP) is 2.55. The molecule has 0 heterocycles. The molecule has 0 saturated carbocycles. The number of hydrogen-bond acceptors (Lipinski definition) is 5. The van der Waals surface area contributed by atoms with Gasteiger partial charge in [0.2, 0.25) is 6.54 Å². The van der Waals surface area contributed by atoms with Crippen LogP contribution >= 0.6 is 0 Å². The van der Waals surface area contributed by atoms with E-state index in [1.54, 1.807) is 30.3 Å². The minimum Gasteiger partial charge on any atom is -0.460 e. The highest BCUT2D eigenvalue weighted by Gasteiger charge is 2.45. The molecular formula is C15H19F3N2O4. The number of ether oxygens (including phenoxy) is 1. The van der Waals surface area contributed by atoms with E-state index in [-0.39, 0.29) is 6.61 Å². The maximum atomic E-state index is 12.9. The van der Waals surface area contributed by atoms with E-state index in [4.69, 9.17) is 4.74 Å². The average molecular weight is 348 g/mol. The number of carbonyl (C=O) groups is 1. The zero-order chi connectivity index (χ0) is 18.3. The van der Waals surface area contributed by atoms with Crippen molar-refractivity contribution in [3.05, 3.63) is 46.0 Å². The van der Waals surface area contributed by atoms with Gasteiger partial charge in [0.25, 0.3) is 0 Å². The van der Waals surface area contributed by atoms with Crippen LogP contribution in [0.25, 0.3) is 0 Å². The first-order valence-electron chi connectivity index (χ1n) is 7.26. The van der Waals surface area contributed by atoms with Gasteiger partial charge in [-0.15, -0.1) is 0 Å². The number of nitrogens with zero attached hydrogens (tertiary/aromatic N) is 1. The second-order valence-electron chi connectivity index (χ2n) is 5.59. The second-order valence-corrected chi connectivity index (χ2v) is 5.59. The van der Waals surface area contributed by atoms with Crippen LogP contribution in [0.3, 0.4) is 0 Å². The number of alkyl halides is 3. The van der Waals surface area contributed by atoms with Crippen LogP contribution in [-0.4, -0.2) is 35.7 Å². The molecule has 0 spiro atoms. The molecule has 1 N–H and O–H groups in total. The number of nitro groups is 1. The smallest absolute Gasteiger partial charge is 0.410 e. The molecule has 2 atom stereocenters. The van der Waals surface area contributed by atoms with Crippen molar-refractivity contribution in [2.24, 2.45) is 5.92 Å². The van der Waals surface area contributed by atoms with Crippen LogP contribution in [0.4, 0.5) is 13.2 Å². The Kier molecular flexibility index (Phi) is 7.15. The largest absolute Gasteiger partial charge is 0.460 e. The summed E-state index contributed by atoms with van der Waals surface area (Å²) in [7, 11) is 0. The first-order chi connectivity index (χ1) is 11.1. The Morgan fingerprint density at radius 3 is 2.33 bits per heavy atom. The topological polar surface area (TPSA) is 81.5 Å². The third-order valence-electron chi connectivity index (χ3n) is 3.25. The highest BCUT2D eigenvalue weighted by Crippen LogP contribution is 2.22. The van der Waals surface area contributed by atoms with Crippen LogP contribution < -0.4 is 5.32 Å². The lowest BCUT2D eigenvalue weighted by molar-refractivity contribution is -0.491. The summed E-state index contributed by atoms with van der Waals surface area (Å²) in [6, 6.07) is 4.92. The fourth-order valence-corrected chi connectivity index (χ4v) is 1.97. The molecule has 0 fully saturated rings. The lowest BCUT2D eigenvalue weighted by Gasteiger charge is -2.26. The third kappa shape index (κ3) is 6.53. The summed E-state index contributed by atoms with van der Waals surface area (Å²) in [5, 5.41) is 12.5. The number of nitrogens with one attached hydrogen (secondary N) is 1. The van der Waals surface area contributed by atoms with Crippen molar-refractivity contribution in [2.75, 3.05) is 6.54 Å². The maximum absolute atomic E-state index is 12.9. The SMILES string of the molecule is CC(C)[C@H](N[C@@H](C[N+](=O)[O-])C(F)(F)F)C(=O)OCc1ccccc1. The minimum absolute atomic E-state index is 0.0868. The monoisotopic (exact) mass is 348 g/mol. The minimum atomic E-state index is -4.85. The fourth-order valence-electron chi connectivity index (χ4n) is 1.97. The van der Waals surface area contributed by atoms with Gasteiger partial charge in [-0.2, -0.15) is 13.2 Å². The van der Waals surface area contributed by atoms with E-state index in [0.717, 1.165) is 0 Å². The van der Waals surface area contributed by atoms with Crippen LogP contribution in [0.15, 0.2) is 30.3 Å². The number of hydrogen-bond donors (Lipinski definition) is 1. The molecule has 0 aliphatic carbocycles. The summed E-state index contributed by atoms with van der Waals surface area (Å²) in [4.78, 5) is 21.5. The first-order valence-corrected chi connectivity index (χ1v) is 7.26. The number of rotatable bonds is 8. The molecule has 0 bridgehead atoms. The van der Waals surface area contributed by atoms with Crippen LogP contribution in [-0.2, 0) is 16.1 Å². The van der Waals surface area contributed by atoms with E-state index in [1.807, 2.05) is 5.32 Å². The van der Waals surface area contributed by atoms with Crippen LogP contribution in [0.5, 0.6) is 0 Å². The molecule has 0 aliphatic heterocycles. The molecule has 0 aromatic heterocycles. The Bertz CT molecular complexity index is 549. The predicted molar refractivity (Wildman–Crippen MR) is 79.7 cm³/mol. The van der Waals surface area contributed by atoms with Crippen LogP contribution in [0, 0.1) is 16.0 Å². The summed E-state index contributed by atoms with van der Waals surface area (Å²) in [6.45, 7) is 1.61. The van der Waals surface area contributed by atoms with Crippen molar-refractivity contribution in [2.45, 2.75) is 38.7 Å². The van der Waals surface area contributed by atoms with Gasteiger partial charge in [-0.1, -0.05) is 44.2 Å². The summed E-state index contributed by atoms with van der Waals surface area (Å²) in [5.74, 6) is -1.42. The highest BCUT2D eigenvalue weighted by molar-refractivity contribution is 5.76. The van der Waals surface area contributed by atoms with Gasteiger partial charge < -0.3 is 4.74 Å². The second kappa shape index (κ2) is 8.62. The van der Waals surface area contributed by atoms with Crippen molar-refractivity contribution in [1.82, 2.24) is 5.32 Å². The zero-order valence-corrected chi connectivity index (χ0v) is 13.2. The van der Waals surface area contributed by atoms with E-state index in [9.17, 15) is 28.1 Å². The molecule has 6 nitrogen and oxygen atoms in total. The van der Waals surface area contributed by atoms with Crippen molar-refractivity contribution in [3.8, 4) is 0 Å². The van der Waals surface area contributed by atoms with E-state index in [1.165, 1.54) is 13.8 Å². The quantitative estimate of drug-likeness (QED) is 0.444. The molecule has 1 aromatic rings. The zero-order valence-electron chi connectivity index (χ0n) is 13.2. The molecule has 1 aromatic carbocycles. The number of halogens is 3. The van der Waals surface area contributed by atoms with E-state index < -0.39 is 41.6 Å². The van der Waals surface area contributed by atoms with Crippen molar-refractivity contribution in [1.29, 1.82) is 0 Å². The summed E-state index contributed by atoms with van der Waals surface area (Å²) in [6.07, 6.45) is -4.85. The molecule has 0 radical (unpaired) electrons. The van der Waals surface area contributed by atoms with E-state index in [2.05, 4.69) is 0 Å². The van der Waals surface area contributed by atoms with Gasteiger partial charge >= 0.3 is 12.1 Å². The Morgan fingerprint density at radius 2 is 1.88 bits per heavy atom. The number of benzene rings is 1. The van der Waals surface area contributed by atoms with Gasteiger partial charge in [0.05, 0.1) is 0 Å². The lowest BCUT2D eigenvalue weighted by Crippen LogP contribution is -2.55. The van der Waals surface area contributed by atoms with Gasteiger partial charge in [0, 0.05) is 4.92 Å². The molecule has 9 heteroatoms. The summed E-state index contributed by atoms with van der Waals surface area (Å²) < 4.78 is 43.7. The van der Waals surface area contributed by atoms with Gasteiger partial charge in [-0.25, -0.2) is 0 Å². The molecule has 0 saturated heterocycles. The molecule has 0 aliphatic rings. The van der Waals surface area contributed by atoms with E-state index in [0.29, 0.717) is 5.56 Å². The standard InChI is InChI=1S/C15H19F3N2O4/c1-10(2)13(19-12(8-20(22)23)15(16,17)18)14(21)24-9-11-6-4-3-5-7-11/h3-7,10,12-13,19H,8-9H2,1-2H3/t12-,13-/m0/s1. The molecular weight excluding hydrogens is 329 g/mol. The Hall–Kier alpha value is -2.16. The lowest BCUT2D eigenvalue weighted by atomic mass is 10.0. The number of carbonyl (C=O) groups excluding carboxylic acids is 1. The average Bonchev–Trinajstić information content (AvgIpc) is 2.48. The third-order valence-corrected chi connectivity index (χ3v) is 3.25. The molecule has 24 heavy (non-hydrogen) atoms. The van der Waals surface area contributed by atoms with Crippen LogP contribution in [0.1, 0.15) is 19.4 Å². The summed E-state index contributed by atoms with van der Waals surface area (Å²) >= 11 is 0.